The molecule has 2 N–H and O–H groups in total. The lowest BCUT2D eigenvalue weighted by atomic mass is 10.1. The fourth-order valence-electron chi connectivity index (χ4n) is 2.09. The Morgan fingerprint density at radius 2 is 1.74 bits per heavy atom. The van der Waals surface area contributed by atoms with Gasteiger partial charge in [-0.05, 0) is 42.3 Å². The van der Waals surface area contributed by atoms with Crippen LogP contribution in [0.4, 0.5) is 11.4 Å². The van der Waals surface area contributed by atoms with Crippen molar-refractivity contribution in [1.29, 1.82) is 0 Å². The maximum Gasteiger partial charge on any atom is 0.243 e. The summed E-state index contributed by atoms with van der Waals surface area (Å²) in [6, 6.07) is 14.1. The molecule has 2 aromatic carbocycles. The van der Waals surface area contributed by atoms with Gasteiger partial charge < -0.3 is 10.6 Å². The number of rotatable bonds is 6. The smallest absolute Gasteiger partial charge is 0.243 e. The summed E-state index contributed by atoms with van der Waals surface area (Å²) in [5.74, 6) is -0.192. The molecule has 0 radical (unpaired) electrons. The monoisotopic (exact) mass is 332 g/mol. The summed E-state index contributed by atoms with van der Waals surface area (Å²) >= 11 is 0. The van der Waals surface area contributed by atoms with Crippen LogP contribution in [0.25, 0.3) is 0 Å². The van der Waals surface area contributed by atoms with Crippen molar-refractivity contribution in [2.45, 2.75) is 18.2 Å². The van der Waals surface area contributed by atoms with Gasteiger partial charge in [-0.15, -0.1) is 0 Å². The largest absolute Gasteiger partial charge is 0.376 e. The van der Waals surface area contributed by atoms with E-state index in [4.69, 9.17) is 0 Å². The third-order valence-corrected chi connectivity index (χ3v) is 4.44. The van der Waals surface area contributed by atoms with Gasteiger partial charge in [-0.1, -0.05) is 25.1 Å². The second-order valence-corrected chi connectivity index (χ2v) is 7.27. The summed E-state index contributed by atoms with van der Waals surface area (Å²) in [6.45, 7) is 2.11. The van der Waals surface area contributed by atoms with Gasteiger partial charge in [-0.3, -0.25) is 4.79 Å². The summed E-state index contributed by atoms with van der Waals surface area (Å²) in [6.07, 6.45) is 2.06. The van der Waals surface area contributed by atoms with Crippen molar-refractivity contribution in [3.8, 4) is 0 Å². The molecule has 0 saturated heterocycles. The van der Waals surface area contributed by atoms with Crippen LogP contribution in [-0.2, 0) is 21.1 Å². The van der Waals surface area contributed by atoms with Crippen LogP contribution in [-0.4, -0.2) is 27.1 Å². The van der Waals surface area contributed by atoms with Crippen molar-refractivity contribution in [2.24, 2.45) is 0 Å². The van der Waals surface area contributed by atoms with Crippen LogP contribution in [0.5, 0.6) is 0 Å². The van der Waals surface area contributed by atoms with E-state index in [1.54, 1.807) is 12.1 Å². The summed E-state index contributed by atoms with van der Waals surface area (Å²) in [5, 5.41) is 5.74. The van der Waals surface area contributed by atoms with Crippen LogP contribution in [0.15, 0.2) is 53.4 Å². The molecule has 0 bridgehead atoms. The van der Waals surface area contributed by atoms with Crippen LogP contribution in [0.1, 0.15) is 12.5 Å². The topological polar surface area (TPSA) is 75.3 Å². The van der Waals surface area contributed by atoms with Crippen molar-refractivity contribution < 1.29 is 13.2 Å². The Balaban J connectivity index is 1.96. The summed E-state index contributed by atoms with van der Waals surface area (Å²) < 4.78 is 23.0. The van der Waals surface area contributed by atoms with Gasteiger partial charge in [-0.25, -0.2) is 8.42 Å². The van der Waals surface area contributed by atoms with Crippen molar-refractivity contribution in [3.05, 3.63) is 54.1 Å². The molecular formula is C17H20N2O3S. The molecule has 1 amide bonds. The van der Waals surface area contributed by atoms with Gasteiger partial charge in [0.15, 0.2) is 9.84 Å². The fourth-order valence-corrected chi connectivity index (χ4v) is 2.76. The lowest BCUT2D eigenvalue weighted by Gasteiger charge is -2.09. The third-order valence-electron chi connectivity index (χ3n) is 3.33. The maximum atomic E-state index is 12.0. The number of carbonyl (C=O) groups is 1. The number of aryl methyl sites for hydroxylation is 1. The first kappa shape index (κ1) is 17.0. The van der Waals surface area contributed by atoms with Gasteiger partial charge in [0.25, 0.3) is 0 Å². The number of nitrogens with one attached hydrogen (secondary N) is 2. The molecule has 0 aliphatic heterocycles. The first-order valence-electron chi connectivity index (χ1n) is 7.31. The zero-order valence-electron chi connectivity index (χ0n) is 13.2. The summed E-state index contributed by atoms with van der Waals surface area (Å²) in [5.41, 5.74) is 2.49. The van der Waals surface area contributed by atoms with Gasteiger partial charge in [0.05, 0.1) is 11.4 Å². The number of amides is 1. The number of sulfone groups is 1. The number of hydrogen-bond donors (Lipinski definition) is 2. The molecule has 0 aromatic heterocycles. The van der Waals surface area contributed by atoms with Gasteiger partial charge in [0.2, 0.25) is 5.91 Å². The standard InChI is InChI=1S/C17H20N2O3S/c1-3-13-6-4-8-15(10-13)19-17(20)12-18-14-7-5-9-16(11-14)23(2,21)22/h4-11,18H,3,12H2,1-2H3,(H,19,20). The molecule has 0 heterocycles. The molecule has 122 valence electrons. The molecule has 0 aliphatic rings. The van der Waals surface area contributed by atoms with Crippen LogP contribution < -0.4 is 10.6 Å². The highest BCUT2D eigenvalue weighted by molar-refractivity contribution is 7.90. The van der Waals surface area contributed by atoms with E-state index < -0.39 is 9.84 Å². The Kier molecular flexibility index (Phi) is 5.39. The lowest BCUT2D eigenvalue weighted by molar-refractivity contribution is -0.114. The van der Waals surface area contributed by atoms with E-state index in [1.165, 1.54) is 12.1 Å². The molecule has 2 rings (SSSR count). The normalized spacial score (nSPS) is 11.0. The molecule has 6 heteroatoms. The van der Waals surface area contributed by atoms with Crippen molar-refractivity contribution in [2.75, 3.05) is 23.4 Å². The van der Waals surface area contributed by atoms with E-state index in [1.807, 2.05) is 24.3 Å². The number of hydrogen-bond acceptors (Lipinski definition) is 4. The minimum absolute atomic E-state index is 0.0591. The Labute approximate surface area is 136 Å². The minimum Gasteiger partial charge on any atom is -0.376 e. The Morgan fingerprint density at radius 1 is 1.04 bits per heavy atom. The SMILES string of the molecule is CCc1cccc(NC(=O)CNc2cccc(S(C)(=O)=O)c2)c1. The average molecular weight is 332 g/mol. The predicted octanol–water partition coefficient (Wildman–Crippen LogP) is 2.70. The number of benzene rings is 2. The second kappa shape index (κ2) is 7.28. The summed E-state index contributed by atoms with van der Waals surface area (Å²) in [4.78, 5) is 12.2. The first-order valence-corrected chi connectivity index (χ1v) is 9.20. The van der Waals surface area contributed by atoms with Crippen LogP contribution >= 0.6 is 0 Å². The Hall–Kier alpha value is -2.34. The molecule has 0 saturated carbocycles. The first-order chi connectivity index (χ1) is 10.9. The van der Waals surface area contributed by atoms with Crippen molar-refractivity contribution >= 4 is 27.1 Å². The Morgan fingerprint density at radius 3 is 2.43 bits per heavy atom. The molecule has 0 aliphatic carbocycles. The molecule has 0 spiro atoms. The molecular weight excluding hydrogens is 312 g/mol. The van der Waals surface area contributed by atoms with E-state index in [9.17, 15) is 13.2 Å². The molecule has 2 aromatic rings. The van der Waals surface area contributed by atoms with Gasteiger partial charge in [0, 0.05) is 17.6 Å². The number of anilines is 2. The average Bonchev–Trinajstić information content (AvgIpc) is 2.52. The van der Waals surface area contributed by atoms with Gasteiger partial charge in [0.1, 0.15) is 0 Å². The van der Waals surface area contributed by atoms with Gasteiger partial charge in [-0.2, -0.15) is 0 Å². The van der Waals surface area contributed by atoms with Crippen LogP contribution in [0.3, 0.4) is 0 Å². The number of carbonyl (C=O) groups excluding carboxylic acids is 1. The summed E-state index contributed by atoms with van der Waals surface area (Å²) in [7, 11) is -3.26. The fraction of sp³-hybridized carbons (Fsp3) is 0.235. The van der Waals surface area contributed by atoms with Crippen LogP contribution in [0, 0.1) is 0 Å². The lowest BCUT2D eigenvalue weighted by Crippen LogP contribution is -2.21. The van der Waals surface area contributed by atoms with E-state index in [0.717, 1.165) is 23.9 Å². The highest BCUT2D eigenvalue weighted by Crippen LogP contribution is 2.15. The maximum absolute atomic E-state index is 12.0. The van der Waals surface area contributed by atoms with E-state index in [2.05, 4.69) is 17.6 Å². The van der Waals surface area contributed by atoms with Crippen LogP contribution in [0.2, 0.25) is 0 Å². The molecule has 23 heavy (non-hydrogen) atoms. The molecule has 0 unspecified atom stereocenters. The predicted molar refractivity (Wildman–Crippen MR) is 92.5 cm³/mol. The third kappa shape index (κ3) is 5.10. The quantitative estimate of drug-likeness (QED) is 0.853. The zero-order chi connectivity index (χ0) is 16.9. The van der Waals surface area contributed by atoms with E-state index in [-0.39, 0.29) is 17.3 Å². The molecule has 0 atom stereocenters. The highest BCUT2D eigenvalue weighted by Gasteiger charge is 2.08. The van der Waals surface area contributed by atoms with E-state index in [0.29, 0.717) is 5.69 Å². The molecule has 0 fully saturated rings. The van der Waals surface area contributed by atoms with Crippen molar-refractivity contribution in [1.82, 2.24) is 0 Å². The Bertz CT molecular complexity index is 801. The minimum atomic E-state index is -3.26. The second-order valence-electron chi connectivity index (χ2n) is 5.26. The highest BCUT2D eigenvalue weighted by atomic mass is 32.2. The van der Waals surface area contributed by atoms with E-state index >= 15 is 0 Å². The van der Waals surface area contributed by atoms with Gasteiger partial charge >= 0.3 is 0 Å². The zero-order valence-corrected chi connectivity index (χ0v) is 14.0. The van der Waals surface area contributed by atoms with Crippen molar-refractivity contribution in [3.63, 3.8) is 0 Å². The molecule has 5 nitrogen and oxygen atoms in total.